The van der Waals surface area contributed by atoms with Crippen molar-refractivity contribution in [3.8, 4) is 0 Å². The lowest BCUT2D eigenvalue weighted by atomic mass is 9.73. The zero-order valence-electron chi connectivity index (χ0n) is 14.2. The van der Waals surface area contributed by atoms with Gasteiger partial charge in [0, 0.05) is 37.5 Å². The van der Waals surface area contributed by atoms with E-state index in [1.165, 1.54) is 0 Å². The number of fused-ring (bicyclic) bond motifs is 1. The summed E-state index contributed by atoms with van der Waals surface area (Å²) in [5.74, 6) is 0.145. The van der Waals surface area contributed by atoms with E-state index in [4.69, 9.17) is 9.47 Å². The predicted molar refractivity (Wildman–Crippen MR) is 91.0 cm³/mol. The Kier molecular flexibility index (Phi) is 5.54. The summed E-state index contributed by atoms with van der Waals surface area (Å²) < 4.78 is 38.2. The molecular formula is C17H26N2O4S. The molecule has 1 aromatic heterocycles. The van der Waals surface area contributed by atoms with Gasteiger partial charge in [-0.25, -0.2) is 12.7 Å². The molecule has 6 nitrogen and oxygen atoms in total. The summed E-state index contributed by atoms with van der Waals surface area (Å²) >= 11 is 0. The molecule has 0 N–H and O–H groups in total. The molecule has 1 aromatic rings. The van der Waals surface area contributed by atoms with Crippen molar-refractivity contribution in [3.05, 3.63) is 30.1 Å². The Morgan fingerprint density at radius 1 is 1.42 bits per heavy atom. The third-order valence-electron chi connectivity index (χ3n) is 5.12. The topological polar surface area (TPSA) is 68.7 Å². The van der Waals surface area contributed by atoms with Crippen molar-refractivity contribution in [2.75, 3.05) is 32.1 Å². The first-order valence-electron chi connectivity index (χ1n) is 8.62. The number of ether oxygens (including phenoxy) is 2. The second-order valence-electron chi connectivity index (χ2n) is 6.70. The van der Waals surface area contributed by atoms with E-state index >= 15 is 0 Å². The standard InChI is InChI=1S/C17H26N2O4S/c1-2-24(20,21)19-10-6-16-17(13-19,7-3-11-23-16)14-22-12-15-4-8-18-9-5-15/h4-5,8-9,16H,2-3,6-7,10-14H2,1H3/t16-,17+/m0/s1. The van der Waals surface area contributed by atoms with Crippen LogP contribution in [0.5, 0.6) is 0 Å². The van der Waals surface area contributed by atoms with Gasteiger partial charge in [0.1, 0.15) is 0 Å². The van der Waals surface area contributed by atoms with Crippen molar-refractivity contribution in [3.63, 3.8) is 0 Å². The zero-order valence-corrected chi connectivity index (χ0v) is 15.0. The van der Waals surface area contributed by atoms with Gasteiger partial charge in [-0.1, -0.05) is 0 Å². The van der Waals surface area contributed by atoms with Crippen LogP contribution < -0.4 is 0 Å². The van der Waals surface area contributed by atoms with Crippen LogP contribution in [0.3, 0.4) is 0 Å². The third kappa shape index (κ3) is 3.79. The first-order chi connectivity index (χ1) is 11.6. The van der Waals surface area contributed by atoms with E-state index in [1.54, 1.807) is 23.6 Å². The second-order valence-corrected chi connectivity index (χ2v) is 8.95. The van der Waals surface area contributed by atoms with E-state index in [-0.39, 0.29) is 17.3 Å². The molecule has 0 amide bonds. The maximum atomic E-state index is 12.3. The molecule has 3 rings (SSSR count). The monoisotopic (exact) mass is 354 g/mol. The molecule has 24 heavy (non-hydrogen) atoms. The summed E-state index contributed by atoms with van der Waals surface area (Å²) in [6, 6.07) is 3.86. The van der Waals surface area contributed by atoms with Gasteiger partial charge >= 0.3 is 0 Å². The molecule has 0 radical (unpaired) electrons. The summed E-state index contributed by atoms with van der Waals surface area (Å²) in [5.41, 5.74) is 0.842. The fraction of sp³-hybridized carbons (Fsp3) is 0.706. The number of hydrogen-bond acceptors (Lipinski definition) is 5. The molecule has 0 aromatic carbocycles. The molecular weight excluding hydrogens is 328 g/mol. The highest BCUT2D eigenvalue weighted by Gasteiger charge is 2.48. The highest BCUT2D eigenvalue weighted by Crippen LogP contribution is 2.41. The fourth-order valence-electron chi connectivity index (χ4n) is 3.73. The van der Waals surface area contributed by atoms with Gasteiger partial charge in [0.2, 0.25) is 10.0 Å². The Morgan fingerprint density at radius 3 is 2.96 bits per heavy atom. The molecule has 2 fully saturated rings. The van der Waals surface area contributed by atoms with E-state index < -0.39 is 10.0 Å². The Labute approximate surface area is 144 Å². The van der Waals surface area contributed by atoms with Gasteiger partial charge in [-0.3, -0.25) is 4.98 Å². The van der Waals surface area contributed by atoms with Crippen molar-refractivity contribution in [2.24, 2.45) is 5.41 Å². The van der Waals surface area contributed by atoms with E-state index in [0.29, 0.717) is 26.3 Å². The van der Waals surface area contributed by atoms with E-state index in [9.17, 15) is 8.42 Å². The highest BCUT2D eigenvalue weighted by molar-refractivity contribution is 7.89. The van der Waals surface area contributed by atoms with E-state index in [1.807, 2.05) is 12.1 Å². The predicted octanol–water partition coefficient (Wildman–Crippen LogP) is 1.82. The molecule has 0 saturated carbocycles. The van der Waals surface area contributed by atoms with Gasteiger partial charge in [0.15, 0.2) is 0 Å². The lowest BCUT2D eigenvalue weighted by Gasteiger charge is -2.49. The molecule has 134 valence electrons. The highest BCUT2D eigenvalue weighted by atomic mass is 32.2. The first-order valence-corrected chi connectivity index (χ1v) is 10.2. The molecule has 0 unspecified atom stereocenters. The van der Waals surface area contributed by atoms with Crippen molar-refractivity contribution >= 4 is 10.0 Å². The smallest absolute Gasteiger partial charge is 0.213 e. The number of sulfonamides is 1. The summed E-state index contributed by atoms with van der Waals surface area (Å²) in [7, 11) is -3.17. The molecule has 0 aliphatic carbocycles. The van der Waals surface area contributed by atoms with Crippen LogP contribution in [0.2, 0.25) is 0 Å². The van der Waals surface area contributed by atoms with Crippen molar-refractivity contribution < 1.29 is 17.9 Å². The minimum Gasteiger partial charge on any atom is -0.377 e. The Balaban J connectivity index is 1.69. The number of nitrogens with zero attached hydrogens (tertiary/aromatic N) is 2. The van der Waals surface area contributed by atoms with Gasteiger partial charge in [0.05, 0.1) is 25.1 Å². The van der Waals surface area contributed by atoms with Crippen LogP contribution in [-0.2, 0) is 26.1 Å². The Bertz CT molecular complexity index is 637. The summed E-state index contributed by atoms with van der Waals surface area (Å²) in [5, 5.41) is 0. The normalized spacial score (nSPS) is 28.5. The lowest BCUT2D eigenvalue weighted by molar-refractivity contribution is -0.144. The second kappa shape index (κ2) is 7.47. The maximum Gasteiger partial charge on any atom is 0.213 e. The number of pyridine rings is 1. The maximum absolute atomic E-state index is 12.3. The van der Waals surface area contributed by atoms with Gasteiger partial charge < -0.3 is 9.47 Å². The van der Waals surface area contributed by atoms with Crippen LogP contribution in [0.1, 0.15) is 31.7 Å². The van der Waals surface area contributed by atoms with Crippen LogP contribution in [0.15, 0.2) is 24.5 Å². The number of aromatic nitrogens is 1. The molecule has 2 saturated heterocycles. The van der Waals surface area contributed by atoms with Crippen molar-refractivity contribution in [1.29, 1.82) is 0 Å². The average molecular weight is 354 g/mol. The molecule has 2 aliphatic heterocycles. The van der Waals surface area contributed by atoms with E-state index in [0.717, 1.165) is 31.4 Å². The van der Waals surface area contributed by atoms with Gasteiger partial charge in [0.25, 0.3) is 0 Å². The van der Waals surface area contributed by atoms with Crippen LogP contribution in [-0.4, -0.2) is 55.9 Å². The Morgan fingerprint density at radius 2 is 2.21 bits per heavy atom. The molecule has 3 heterocycles. The molecule has 0 spiro atoms. The summed E-state index contributed by atoms with van der Waals surface area (Å²) in [6.45, 7) is 4.55. The van der Waals surface area contributed by atoms with E-state index in [2.05, 4.69) is 4.98 Å². The van der Waals surface area contributed by atoms with Gasteiger partial charge in [-0.05, 0) is 43.9 Å². The fourth-order valence-corrected chi connectivity index (χ4v) is 4.93. The minimum absolute atomic E-state index is 0.0898. The molecule has 2 aliphatic rings. The first kappa shape index (κ1) is 17.8. The number of hydrogen-bond donors (Lipinski definition) is 0. The summed E-state index contributed by atoms with van der Waals surface area (Å²) in [4.78, 5) is 4.01. The minimum atomic E-state index is -3.17. The van der Waals surface area contributed by atoms with Crippen LogP contribution in [0.25, 0.3) is 0 Å². The van der Waals surface area contributed by atoms with Crippen LogP contribution in [0.4, 0.5) is 0 Å². The molecule has 7 heteroatoms. The van der Waals surface area contributed by atoms with Crippen molar-refractivity contribution in [1.82, 2.24) is 9.29 Å². The molecule has 2 atom stereocenters. The van der Waals surface area contributed by atoms with Crippen LogP contribution >= 0.6 is 0 Å². The largest absolute Gasteiger partial charge is 0.377 e. The van der Waals surface area contributed by atoms with Gasteiger partial charge in [-0.2, -0.15) is 0 Å². The van der Waals surface area contributed by atoms with Crippen LogP contribution in [0, 0.1) is 5.41 Å². The zero-order chi connectivity index (χ0) is 17.0. The SMILES string of the molecule is CCS(=O)(=O)N1CC[C@@H]2OCCC[C@]2(COCc2ccncc2)C1. The quantitative estimate of drug-likeness (QED) is 0.779. The summed E-state index contributed by atoms with van der Waals surface area (Å²) in [6.07, 6.45) is 6.24. The van der Waals surface area contributed by atoms with Gasteiger partial charge in [-0.15, -0.1) is 0 Å². The number of piperidine rings is 1. The lowest BCUT2D eigenvalue weighted by Crippen LogP contribution is -2.58. The van der Waals surface area contributed by atoms with Crippen molar-refractivity contribution in [2.45, 2.75) is 38.9 Å². The third-order valence-corrected chi connectivity index (χ3v) is 6.95. The molecule has 0 bridgehead atoms. The Hall–Kier alpha value is -1.02. The average Bonchev–Trinajstić information content (AvgIpc) is 2.62. The number of rotatable bonds is 6.